The molecule has 1 aromatic heterocycles. The summed E-state index contributed by atoms with van der Waals surface area (Å²) in [5.41, 5.74) is -0.119. The van der Waals surface area contributed by atoms with Crippen LogP contribution < -0.4 is 5.32 Å². The van der Waals surface area contributed by atoms with E-state index >= 15 is 0 Å². The third-order valence-corrected chi connectivity index (χ3v) is 2.27. The lowest BCUT2D eigenvalue weighted by Gasteiger charge is -2.09. The second-order valence-corrected chi connectivity index (χ2v) is 3.45. The minimum atomic E-state index is -1.21. The average Bonchev–Trinajstić information content (AvgIpc) is 2.35. The number of halogens is 2. The summed E-state index contributed by atoms with van der Waals surface area (Å²) in [7, 11) is 0. The predicted molar refractivity (Wildman–Crippen MR) is 60.8 cm³/mol. The van der Waals surface area contributed by atoms with Crippen molar-refractivity contribution in [2.24, 2.45) is 0 Å². The van der Waals surface area contributed by atoms with Gasteiger partial charge in [-0.05, 0) is 18.2 Å². The quantitative estimate of drug-likeness (QED) is 0.879. The molecule has 1 heterocycles. The number of aromatic nitrogens is 1. The monoisotopic (exact) mass is 250 g/mol. The maximum Gasteiger partial charge on any atom is 0.339 e. The maximum atomic E-state index is 13.4. The Morgan fingerprint density at radius 2 is 2.00 bits per heavy atom. The number of carbonyl (C=O) groups is 1. The first-order valence-electron chi connectivity index (χ1n) is 4.98. The number of carboxylic acid groups (broad SMARTS) is 1. The number of benzene rings is 1. The summed E-state index contributed by atoms with van der Waals surface area (Å²) in [5, 5.41) is 11.4. The molecule has 0 spiro atoms. The molecule has 18 heavy (non-hydrogen) atoms. The van der Waals surface area contributed by atoms with Gasteiger partial charge in [0.1, 0.15) is 5.56 Å². The molecule has 0 aliphatic rings. The Morgan fingerprint density at radius 3 is 2.72 bits per heavy atom. The van der Waals surface area contributed by atoms with E-state index in [1.165, 1.54) is 24.4 Å². The Balaban J connectivity index is 2.40. The highest BCUT2D eigenvalue weighted by molar-refractivity contribution is 5.94. The number of pyridine rings is 1. The van der Waals surface area contributed by atoms with Crippen molar-refractivity contribution >= 4 is 17.3 Å². The van der Waals surface area contributed by atoms with E-state index in [9.17, 15) is 13.6 Å². The van der Waals surface area contributed by atoms with Gasteiger partial charge in [0.25, 0.3) is 0 Å². The van der Waals surface area contributed by atoms with Crippen molar-refractivity contribution in [3.63, 3.8) is 0 Å². The highest BCUT2D eigenvalue weighted by Crippen LogP contribution is 2.23. The average molecular weight is 250 g/mol. The van der Waals surface area contributed by atoms with E-state index in [0.717, 1.165) is 12.3 Å². The molecule has 0 unspecified atom stereocenters. The van der Waals surface area contributed by atoms with E-state index in [2.05, 4.69) is 10.3 Å². The number of aromatic carboxylic acids is 1. The molecule has 1 aromatic carbocycles. The van der Waals surface area contributed by atoms with E-state index in [-0.39, 0.29) is 16.9 Å². The summed E-state index contributed by atoms with van der Waals surface area (Å²) in [6.07, 6.45) is 2.48. The Bertz CT molecular complexity index is 602. The number of carboxylic acids is 1. The number of hydrogen-bond acceptors (Lipinski definition) is 3. The van der Waals surface area contributed by atoms with Crippen LogP contribution in [0.25, 0.3) is 0 Å². The van der Waals surface area contributed by atoms with Crippen LogP contribution in [-0.2, 0) is 0 Å². The van der Waals surface area contributed by atoms with Gasteiger partial charge in [0, 0.05) is 12.4 Å². The lowest BCUT2D eigenvalue weighted by molar-refractivity contribution is 0.0697. The number of nitrogens with zero attached hydrogens (tertiary/aromatic N) is 1. The van der Waals surface area contributed by atoms with Crippen LogP contribution in [-0.4, -0.2) is 16.1 Å². The van der Waals surface area contributed by atoms with Crippen LogP contribution in [0, 0.1) is 11.6 Å². The number of hydrogen-bond donors (Lipinski definition) is 2. The molecule has 4 nitrogen and oxygen atoms in total. The predicted octanol–water partition coefficient (Wildman–Crippen LogP) is 2.80. The molecule has 0 bridgehead atoms. The zero-order chi connectivity index (χ0) is 13.1. The van der Waals surface area contributed by atoms with E-state index in [4.69, 9.17) is 5.11 Å². The second-order valence-electron chi connectivity index (χ2n) is 3.45. The Morgan fingerprint density at radius 1 is 1.22 bits per heavy atom. The molecule has 92 valence electrons. The zero-order valence-corrected chi connectivity index (χ0v) is 9.02. The van der Waals surface area contributed by atoms with E-state index < -0.39 is 17.6 Å². The molecular weight excluding hydrogens is 242 g/mol. The number of nitrogens with one attached hydrogen (secondary N) is 1. The van der Waals surface area contributed by atoms with Gasteiger partial charge < -0.3 is 10.4 Å². The lowest BCUT2D eigenvalue weighted by Crippen LogP contribution is -2.04. The number of rotatable bonds is 3. The van der Waals surface area contributed by atoms with Crippen LogP contribution in [0.2, 0.25) is 0 Å². The van der Waals surface area contributed by atoms with Gasteiger partial charge in [-0.25, -0.2) is 13.6 Å². The molecule has 0 fully saturated rings. The standard InChI is InChI=1S/C12H8F2N2O2/c13-8-2-1-3-10(11(8)14)16-9-4-5-15-6-7(9)12(17)18/h1-6H,(H,15,16)(H,17,18). The van der Waals surface area contributed by atoms with E-state index in [1.807, 2.05) is 0 Å². The Kier molecular flexibility index (Phi) is 3.18. The highest BCUT2D eigenvalue weighted by atomic mass is 19.2. The summed E-state index contributed by atoms with van der Waals surface area (Å²) in [6, 6.07) is 4.98. The molecule has 2 N–H and O–H groups in total. The third kappa shape index (κ3) is 2.27. The van der Waals surface area contributed by atoms with E-state index in [1.54, 1.807) is 0 Å². The van der Waals surface area contributed by atoms with Gasteiger partial charge in [0.05, 0.1) is 11.4 Å². The zero-order valence-electron chi connectivity index (χ0n) is 9.02. The molecule has 0 atom stereocenters. The van der Waals surface area contributed by atoms with Crippen LogP contribution >= 0.6 is 0 Å². The van der Waals surface area contributed by atoms with Crippen LogP contribution in [0.1, 0.15) is 10.4 Å². The topological polar surface area (TPSA) is 62.2 Å². The van der Waals surface area contributed by atoms with Crippen LogP contribution in [0.4, 0.5) is 20.2 Å². The van der Waals surface area contributed by atoms with Crippen molar-refractivity contribution in [2.75, 3.05) is 5.32 Å². The second kappa shape index (κ2) is 4.79. The van der Waals surface area contributed by atoms with Gasteiger partial charge in [0.2, 0.25) is 0 Å². The van der Waals surface area contributed by atoms with Gasteiger partial charge in [0.15, 0.2) is 11.6 Å². The molecule has 0 radical (unpaired) electrons. The van der Waals surface area contributed by atoms with Gasteiger partial charge in [-0.2, -0.15) is 0 Å². The largest absolute Gasteiger partial charge is 0.478 e. The minimum absolute atomic E-state index is 0.124. The molecule has 6 heteroatoms. The SMILES string of the molecule is O=C(O)c1cnccc1Nc1cccc(F)c1F. The van der Waals surface area contributed by atoms with Crippen molar-refractivity contribution in [1.29, 1.82) is 0 Å². The first-order chi connectivity index (χ1) is 8.59. The van der Waals surface area contributed by atoms with Crippen molar-refractivity contribution in [3.8, 4) is 0 Å². The fraction of sp³-hybridized carbons (Fsp3) is 0. The summed E-state index contributed by atoms with van der Waals surface area (Å²) in [6.45, 7) is 0. The van der Waals surface area contributed by atoms with Gasteiger partial charge in [-0.15, -0.1) is 0 Å². The normalized spacial score (nSPS) is 10.1. The molecule has 0 saturated heterocycles. The summed E-state index contributed by atoms with van der Waals surface area (Å²) >= 11 is 0. The van der Waals surface area contributed by atoms with Crippen molar-refractivity contribution < 1.29 is 18.7 Å². The van der Waals surface area contributed by atoms with Crippen molar-refractivity contribution in [1.82, 2.24) is 4.98 Å². The van der Waals surface area contributed by atoms with Gasteiger partial charge >= 0.3 is 5.97 Å². The molecule has 2 aromatic rings. The minimum Gasteiger partial charge on any atom is -0.478 e. The van der Waals surface area contributed by atoms with Crippen LogP contribution in [0.5, 0.6) is 0 Å². The fourth-order valence-electron chi connectivity index (χ4n) is 1.42. The Hall–Kier alpha value is -2.50. The molecule has 0 aliphatic carbocycles. The van der Waals surface area contributed by atoms with Crippen LogP contribution in [0.15, 0.2) is 36.7 Å². The molecule has 0 amide bonds. The third-order valence-electron chi connectivity index (χ3n) is 2.27. The van der Waals surface area contributed by atoms with Crippen molar-refractivity contribution in [2.45, 2.75) is 0 Å². The smallest absolute Gasteiger partial charge is 0.339 e. The summed E-state index contributed by atoms with van der Waals surface area (Å²) in [4.78, 5) is 14.6. The molecule has 0 saturated carbocycles. The first kappa shape index (κ1) is 12.0. The summed E-state index contributed by atoms with van der Waals surface area (Å²) < 4.78 is 26.4. The van der Waals surface area contributed by atoms with E-state index in [0.29, 0.717) is 0 Å². The van der Waals surface area contributed by atoms with Gasteiger partial charge in [-0.1, -0.05) is 6.07 Å². The van der Waals surface area contributed by atoms with Crippen LogP contribution in [0.3, 0.4) is 0 Å². The molecule has 0 aliphatic heterocycles. The molecular formula is C12H8F2N2O2. The molecule has 2 rings (SSSR count). The van der Waals surface area contributed by atoms with Gasteiger partial charge in [-0.3, -0.25) is 4.98 Å². The highest BCUT2D eigenvalue weighted by Gasteiger charge is 2.13. The first-order valence-corrected chi connectivity index (χ1v) is 4.98. The lowest BCUT2D eigenvalue weighted by atomic mass is 10.2. The van der Waals surface area contributed by atoms with Crippen molar-refractivity contribution in [3.05, 3.63) is 53.9 Å². The number of anilines is 2. The Labute approximate surface area is 101 Å². The fourth-order valence-corrected chi connectivity index (χ4v) is 1.42. The maximum absolute atomic E-state index is 13.4. The summed E-state index contributed by atoms with van der Waals surface area (Å²) in [5.74, 6) is -3.28.